The van der Waals surface area contributed by atoms with Crippen LogP contribution in [0.5, 0.6) is 0 Å². The Kier molecular flexibility index (Phi) is 38.4. The third-order valence-electron chi connectivity index (χ3n) is 7.22. The number of anilines is 1. The Labute approximate surface area is 402 Å². The number of aromatic amines is 1. The molecule has 0 aliphatic carbocycles. The summed E-state index contributed by atoms with van der Waals surface area (Å²) in [5.41, 5.74) is 13.5. The standard InChI is InChI=1S/C9H13NO2S.C8H7ClN2S.C8H8N2OS.C4H5NO2.C4H11N.C4H8O.CH3NO.B.Cl3OP/c1-4-12-9(11)7-5(2)6(3)13-8(7)10;1-4-5(2)12-8-6(4)7(9)10-3-11-8;1-4-5(2)12-8-6(4)7(11)9-3-10-8;1-5-3-4(6)7-2;1-3-5-4-2;1-3-4(2)5;2-1-3;;1-5(2,3)4/h4,10H2,1-3H3;3H,1-2H3;3H,1-2H3,(H,9,10,11);3H2,2H3;5H,3-4H2,1-2H3;3H2,1-2H3;1H,(H2,2,3);;. The second-order valence-corrected chi connectivity index (χ2v) is 22.2. The Morgan fingerprint density at radius 3 is 1.67 bits per heavy atom. The summed E-state index contributed by atoms with van der Waals surface area (Å²) in [7, 11) is 1.26. The number of aryl methyl sites for hydroxylation is 5. The van der Waals surface area contributed by atoms with Crippen LogP contribution < -0.4 is 22.3 Å². The summed E-state index contributed by atoms with van der Waals surface area (Å²) in [5.74, 6) is -0.540. The van der Waals surface area contributed by atoms with Gasteiger partial charge in [-0.15, -0.1) is 34.0 Å². The number of carbonyl (C=O) groups is 4. The largest absolute Gasteiger partial charge is 0.464 e. The van der Waals surface area contributed by atoms with Crippen LogP contribution in [0.1, 0.15) is 82.7 Å². The first-order valence-corrected chi connectivity index (χ1v) is 25.4. The molecule has 0 aliphatic heterocycles. The number of esters is 2. The predicted molar refractivity (Wildman–Crippen MR) is 266 cm³/mol. The fraction of sp³-hybridized carbons (Fsp3) is 0.447. The summed E-state index contributed by atoms with van der Waals surface area (Å²) in [6.07, 6.45) is 3.86. The van der Waals surface area contributed by atoms with Crippen molar-refractivity contribution < 1.29 is 33.2 Å². The Hall–Kier alpha value is -3.64. The van der Waals surface area contributed by atoms with Crippen LogP contribution in [-0.2, 0) is 28.4 Å². The molecule has 1 amide bonds. The van der Waals surface area contributed by atoms with E-state index in [0.29, 0.717) is 28.7 Å². The van der Waals surface area contributed by atoms with E-state index < -0.39 is 11.2 Å². The highest BCUT2D eigenvalue weighted by Crippen LogP contribution is 2.61. The normalized spacial score (nSPS) is 9.38. The number of rotatable bonds is 6. The number of H-pyrrole nitrogens is 1. The Balaban J connectivity index is -0.000000330. The fourth-order valence-corrected chi connectivity index (χ4v) is 7.07. The molecule has 0 atom stereocenters. The van der Waals surface area contributed by atoms with E-state index in [1.165, 1.54) is 41.5 Å². The molecule has 25 heteroatoms. The van der Waals surface area contributed by atoms with Crippen LogP contribution >= 0.6 is 84.5 Å². The molecular weight excluding hydrogens is 976 g/mol. The predicted octanol–water partition coefficient (Wildman–Crippen LogP) is 9.90. The van der Waals surface area contributed by atoms with Crippen molar-refractivity contribution in [1.29, 1.82) is 0 Å². The number of hydrogen-bond acceptors (Lipinski definition) is 16. The summed E-state index contributed by atoms with van der Waals surface area (Å²) in [6.45, 7) is 29.9. The molecule has 0 fully saturated rings. The van der Waals surface area contributed by atoms with Crippen LogP contribution in [0.3, 0.4) is 0 Å². The number of hydrogen-bond donors (Lipinski definition) is 4. The van der Waals surface area contributed by atoms with Crippen LogP contribution in [0.4, 0.5) is 5.00 Å². The van der Waals surface area contributed by atoms with Crippen molar-refractivity contribution in [3.05, 3.63) is 76.5 Å². The van der Waals surface area contributed by atoms with Gasteiger partial charge in [-0.25, -0.2) is 31.1 Å². The van der Waals surface area contributed by atoms with Gasteiger partial charge >= 0.3 is 23.7 Å². The molecule has 5 heterocycles. The molecule has 16 nitrogen and oxygen atoms in total. The number of primary amides is 1. The quantitative estimate of drug-likeness (QED) is 0.0309. The number of nitrogen functional groups attached to an aromatic ring is 1. The lowest BCUT2D eigenvalue weighted by molar-refractivity contribution is -0.138. The van der Waals surface area contributed by atoms with Gasteiger partial charge in [0.2, 0.25) is 6.41 Å². The molecule has 0 bridgehead atoms. The summed E-state index contributed by atoms with van der Waals surface area (Å²) < 4.78 is 18.5. The monoisotopic (exact) mass is 1030 g/mol. The summed E-state index contributed by atoms with van der Waals surface area (Å²) in [4.78, 5) is 73.9. The van der Waals surface area contributed by atoms with Crippen molar-refractivity contribution >= 4 is 143 Å². The van der Waals surface area contributed by atoms with E-state index in [4.69, 9.17) is 33.4 Å². The number of fused-ring (bicyclic) bond motifs is 2. The molecule has 0 unspecified atom stereocenters. The molecule has 0 saturated heterocycles. The number of nitrogens with one attached hydrogen (secondary N) is 2. The van der Waals surface area contributed by atoms with Gasteiger partial charge < -0.3 is 40.9 Å². The average molecular weight is 1030 g/mol. The second kappa shape index (κ2) is 36.7. The lowest BCUT2D eigenvalue weighted by Crippen LogP contribution is -2.09. The zero-order valence-electron chi connectivity index (χ0n) is 37.2. The molecule has 5 aromatic rings. The highest BCUT2D eigenvalue weighted by Gasteiger charge is 2.18. The van der Waals surface area contributed by atoms with Gasteiger partial charge in [-0.3, -0.25) is 14.2 Å². The molecule has 349 valence electrons. The average Bonchev–Trinajstić information content (AvgIpc) is 3.76. The molecule has 5 rings (SSSR count). The number of halogens is 4. The highest BCUT2D eigenvalue weighted by molar-refractivity contribution is 8.24. The van der Waals surface area contributed by atoms with E-state index in [0.717, 1.165) is 54.4 Å². The minimum atomic E-state index is -3.22. The van der Waals surface area contributed by atoms with Crippen molar-refractivity contribution in [2.45, 2.75) is 82.6 Å². The van der Waals surface area contributed by atoms with E-state index in [2.05, 4.69) is 95.1 Å². The highest BCUT2D eigenvalue weighted by atomic mass is 36.0. The molecule has 6 N–H and O–H groups in total. The van der Waals surface area contributed by atoms with Crippen molar-refractivity contribution in [3.63, 3.8) is 0 Å². The molecule has 0 spiro atoms. The van der Waals surface area contributed by atoms with Gasteiger partial charge in [0.1, 0.15) is 31.9 Å². The van der Waals surface area contributed by atoms with Gasteiger partial charge in [-0.2, -0.15) is 0 Å². The van der Waals surface area contributed by atoms with Gasteiger partial charge in [-0.1, -0.05) is 32.4 Å². The van der Waals surface area contributed by atoms with Crippen LogP contribution in [0.25, 0.3) is 25.3 Å². The first kappa shape index (κ1) is 66.0. The summed E-state index contributed by atoms with van der Waals surface area (Å²) in [6, 6.07) is 0. The fourth-order valence-electron chi connectivity index (χ4n) is 3.82. The molecule has 63 heavy (non-hydrogen) atoms. The Bertz CT molecular complexity index is 2290. The molecular formula is C38H55BCl4N8O8PS3. The maximum absolute atomic E-state index is 11.4. The minimum Gasteiger partial charge on any atom is -0.464 e. The number of nitrogens with zero attached hydrogens (tertiary/aromatic N) is 4. The number of nitrogens with two attached hydrogens (primary N) is 2. The number of amides is 1. The van der Waals surface area contributed by atoms with E-state index in [1.54, 1.807) is 36.5 Å². The van der Waals surface area contributed by atoms with E-state index in [9.17, 15) is 23.7 Å². The third-order valence-corrected chi connectivity index (χ3v) is 10.8. The van der Waals surface area contributed by atoms with E-state index in [-0.39, 0.29) is 38.7 Å². The van der Waals surface area contributed by atoms with Gasteiger partial charge in [0.15, 0.2) is 0 Å². The van der Waals surface area contributed by atoms with Crippen molar-refractivity contribution in [2.75, 3.05) is 39.1 Å². The number of ketones is 1. The van der Waals surface area contributed by atoms with Gasteiger partial charge in [-0.05, 0) is 119 Å². The molecule has 5 aromatic heterocycles. The van der Waals surface area contributed by atoms with Crippen LogP contribution in [0, 0.1) is 48.1 Å². The number of thiophene rings is 3. The molecule has 0 aliphatic rings. The topological polar surface area (TPSA) is 244 Å². The van der Waals surface area contributed by atoms with Crippen LogP contribution in [0.2, 0.25) is 5.15 Å². The second-order valence-electron chi connectivity index (χ2n) is 11.5. The number of Topliss-reactive ketones (excluding diaryl/α,β-unsaturated/α-hetero) is 1. The minimum absolute atomic E-state index is 0. The van der Waals surface area contributed by atoms with E-state index >= 15 is 0 Å². The number of aromatic nitrogens is 4. The van der Waals surface area contributed by atoms with Gasteiger partial charge in [0.25, 0.3) is 5.56 Å². The smallest absolute Gasteiger partial charge is 0.386 e. The SMILES string of the molecule is CCC(C)=O.CCNCC.CCOC(=O)c1c(N)sc(C)c1C.Cc1sc2nc[nH]c(=O)c2c1C.Cc1sc2ncnc(Cl)c2c1C.NC=O.O=P(Cl)(Cl)Cl.[B].[C-]#[N+]CC(=O)OC. The van der Waals surface area contributed by atoms with Crippen LogP contribution in [-0.4, -0.2) is 85.8 Å². The van der Waals surface area contributed by atoms with E-state index in [1.807, 2.05) is 41.5 Å². The third kappa shape index (κ3) is 28.7. The van der Waals surface area contributed by atoms with Crippen LogP contribution in [0.15, 0.2) is 17.4 Å². The van der Waals surface area contributed by atoms with Gasteiger partial charge in [0, 0.05) is 29.5 Å². The van der Waals surface area contributed by atoms with Gasteiger partial charge in [0.05, 0.1) is 36.4 Å². The van der Waals surface area contributed by atoms with Crippen molar-refractivity contribution in [2.24, 2.45) is 5.73 Å². The maximum atomic E-state index is 11.4. The zero-order chi connectivity index (χ0) is 48.7. The Morgan fingerprint density at radius 2 is 1.35 bits per heavy atom. The van der Waals surface area contributed by atoms with Crippen molar-refractivity contribution in [3.8, 4) is 0 Å². The first-order valence-electron chi connectivity index (χ1n) is 18.1. The van der Waals surface area contributed by atoms with Crippen molar-refractivity contribution in [1.82, 2.24) is 25.3 Å². The number of methoxy groups -OCH3 is 1. The lowest BCUT2D eigenvalue weighted by Gasteiger charge is -2.01. The lowest BCUT2D eigenvalue weighted by atomic mass is 10.2. The molecule has 0 aromatic carbocycles. The number of ether oxygens (including phenoxy) is 2. The molecule has 0 saturated carbocycles. The molecule has 3 radical (unpaired) electrons. The summed E-state index contributed by atoms with van der Waals surface area (Å²) in [5, 5.41) is 2.73. The first-order chi connectivity index (χ1) is 28.9. The number of carbonyl (C=O) groups excluding carboxylic acids is 4. The summed E-state index contributed by atoms with van der Waals surface area (Å²) >= 11 is 24.4. The maximum Gasteiger partial charge on any atom is 0.386 e. The Morgan fingerprint density at radius 1 is 0.905 bits per heavy atom. The zero-order valence-corrected chi connectivity index (χ0v) is 43.6.